The van der Waals surface area contributed by atoms with E-state index in [2.05, 4.69) is 0 Å². The van der Waals surface area contributed by atoms with Gasteiger partial charge >= 0.3 is 6.18 Å². The van der Waals surface area contributed by atoms with Crippen LogP contribution in [-0.4, -0.2) is 8.42 Å². The molecule has 3 aromatic carbocycles. The van der Waals surface area contributed by atoms with E-state index in [-0.39, 0.29) is 17.0 Å². The van der Waals surface area contributed by atoms with Crippen molar-refractivity contribution in [3.05, 3.63) is 83.2 Å². The fraction of sp³-hybridized carbons (Fsp3) is 0.100. The lowest BCUT2D eigenvalue weighted by Crippen LogP contribution is -2.14. The molecule has 0 amide bonds. The standard InChI is InChI=1S/C20H13F6NO3S/c1-11-5-7-13(8-6-11)31(28,29)27-17-4-2-3-14(21)19(17)30-18-15(22)9-12(10-16(18)23)20(24,25)26/h2-10,27H,1H3. The topological polar surface area (TPSA) is 55.4 Å². The van der Waals surface area contributed by atoms with E-state index in [1.165, 1.54) is 24.3 Å². The number of nitrogens with one attached hydrogen (secondary N) is 1. The zero-order chi connectivity index (χ0) is 23.0. The summed E-state index contributed by atoms with van der Waals surface area (Å²) in [5.74, 6) is -6.95. The second-order valence-corrected chi connectivity index (χ2v) is 8.09. The van der Waals surface area contributed by atoms with Crippen molar-refractivity contribution in [3.63, 3.8) is 0 Å². The Bertz CT molecular complexity index is 1200. The number of ether oxygens (including phenoxy) is 1. The van der Waals surface area contributed by atoms with Crippen LogP contribution in [0.5, 0.6) is 11.5 Å². The lowest BCUT2D eigenvalue weighted by atomic mass is 10.2. The first kappa shape index (κ1) is 22.5. The van der Waals surface area contributed by atoms with E-state index in [0.29, 0.717) is 0 Å². The van der Waals surface area contributed by atoms with Gasteiger partial charge in [0.1, 0.15) is 0 Å². The molecule has 0 bridgehead atoms. The van der Waals surface area contributed by atoms with Crippen LogP contribution in [0, 0.1) is 24.4 Å². The predicted octanol–water partition coefficient (Wildman–Crippen LogP) is 6.02. The van der Waals surface area contributed by atoms with Crippen molar-refractivity contribution in [1.82, 2.24) is 0 Å². The normalized spacial score (nSPS) is 12.0. The molecule has 0 aromatic heterocycles. The maximum Gasteiger partial charge on any atom is 0.416 e. The Kier molecular flexibility index (Phi) is 5.90. The average Bonchev–Trinajstić information content (AvgIpc) is 2.65. The Hall–Kier alpha value is -3.21. The minimum Gasteiger partial charge on any atom is -0.446 e. The fourth-order valence-electron chi connectivity index (χ4n) is 2.54. The minimum absolute atomic E-state index is 0.0184. The molecule has 0 saturated carbocycles. The summed E-state index contributed by atoms with van der Waals surface area (Å²) in [4.78, 5) is -0.180. The number of benzene rings is 3. The van der Waals surface area contributed by atoms with Crippen molar-refractivity contribution in [2.45, 2.75) is 18.0 Å². The van der Waals surface area contributed by atoms with E-state index in [4.69, 9.17) is 4.74 Å². The highest BCUT2D eigenvalue weighted by Gasteiger charge is 2.33. The van der Waals surface area contributed by atoms with Gasteiger partial charge in [0, 0.05) is 0 Å². The number of sulfonamides is 1. The predicted molar refractivity (Wildman–Crippen MR) is 99.8 cm³/mol. The highest BCUT2D eigenvalue weighted by molar-refractivity contribution is 7.92. The van der Waals surface area contributed by atoms with Crippen LogP contribution in [0.25, 0.3) is 0 Å². The molecule has 0 saturated heterocycles. The Morgan fingerprint density at radius 1 is 0.839 bits per heavy atom. The lowest BCUT2D eigenvalue weighted by Gasteiger charge is -2.16. The van der Waals surface area contributed by atoms with E-state index < -0.39 is 56.4 Å². The molecular formula is C20H13F6NO3S. The van der Waals surface area contributed by atoms with Gasteiger partial charge in [-0.2, -0.15) is 13.2 Å². The second-order valence-electron chi connectivity index (χ2n) is 6.40. The number of halogens is 6. The zero-order valence-electron chi connectivity index (χ0n) is 15.6. The summed E-state index contributed by atoms with van der Waals surface area (Å²) in [5, 5.41) is 0. The maximum atomic E-state index is 14.3. The number of alkyl halides is 3. The maximum absolute atomic E-state index is 14.3. The summed E-state index contributed by atoms with van der Waals surface area (Å²) in [6, 6.07) is 8.55. The van der Waals surface area contributed by atoms with Crippen LogP contribution < -0.4 is 9.46 Å². The lowest BCUT2D eigenvalue weighted by molar-refractivity contribution is -0.138. The number of hydrogen-bond donors (Lipinski definition) is 1. The molecule has 0 aliphatic rings. The molecule has 0 aliphatic carbocycles. The molecule has 11 heteroatoms. The molecule has 0 radical (unpaired) electrons. The van der Waals surface area contributed by atoms with Gasteiger partial charge in [-0.15, -0.1) is 0 Å². The molecule has 0 atom stereocenters. The summed E-state index contributed by atoms with van der Waals surface area (Å²) in [7, 11) is -4.24. The Morgan fingerprint density at radius 3 is 1.97 bits per heavy atom. The quantitative estimate of drug-likeness (QED) is 0.473. The van der Waals surface area contributed by atoms with Crippen molar-refractivity contribution in [1.29, 1.82) is 0 Å². The van der Waals surface area contributed by atoms with Gasteiger partial charge in [0.05, 0.1) is 16.1 Å². The minimum atomic E-state index is -5.02. The molecule has 4 nitrogen and oxygen atoms in total. The Labute approximate surface area is 173 Å². The van der Waals surface area contributed by atoms with E-state index >= 15 is 0 Å². The first-order chi connectivity index (χ1) is 14.4. The van der Waals surface area contributed by atoms with Crippen molar-refractivity contribution in [2.75, 3.05) is 4.72 Å². The second kappa shape index (κ2) is 8.14. The van der Waals surface area contributed by atoms with Gasteiger partial charge in [-0.05, 0) is 43.3 Å². The Balaban J connectivity index is 2.00. The fourth-order valence-corrected chi connectivity index (χ4v) is 3.60. The van der Waals surface area contributed by atoms with E-state index in [1.54, 1.807) is 6.92 Å². The van der Waals surface area contributed by atoms with Crippen LogP contribution in [0.15, 0.2) is 59.5 Å². The van der Waals surface area contributed by atoms with Gasteiger partial charge in [0.2, 0.25) is 0 Å². The van der Waals surface area contributed by atoms with Gasteiger partial charge in [-0.1, -0.05) is 23.8 Å². The van der Waals surface area contributed by atoms with Crippen molar-refractivity contribution >= 4 is 15.7 Å². The molecule has 0 unspecified atom stereocenters. The van der Waals surface area contributed by atoms with Gasteiger partial charge < -0.3 is 4.74 Å². The number of rotatable bonds is 5. The molecular weight excluding hydrogens is 448 g/mol. The van der Waals surface area contributed by atoms with Crippen LogP contribution in [-0.2, 0) is 16.2 Å². The molecule has 0 heterocycles. The highest BCUT2D eigenvalue weighted by atomic mass is 32.2. The molecule has 3 aromatic rings. The monoisotopic (exact) mass is 461 g/mol. The van der Waals surface area contributed by atoms with E-state index in [1.807, 2.05) is 4.72 Å². The summed E-state index contributed by atoms with van der Waals surface area (Å²) in [5.41, 5.74) is -1.34. The first-order valence-electron chi connectivity index (χ1n) is 8.50. The van der Waals surface area contributed by atoms with Gasteiger partial charge in [0.15, 0.2) is 29.0 Å². The molecule has 0 aliphatic heterocycles. The molecule has 0 spiro atoms. The van der Waals surface area contributed by atoms with Crippen LogP contribution in [0.3, 0.4) is 0 Å². The molecule has 3 rings (SSSR count). The summed E-state index contributed by atoms with van der Waals surface area (Å²) in [6.45, 7) is 1.73. The van der Waals surface area contributed by atoms with Crippen molar-refractivity contribution in [2.24, 2.45) is 0 Å². The van der Waals surface area contributed by atoms with Gasteiger partial charge in [0.25, 0.3) is 10.0 Å². The van der Waals surface area contributed by atoms with Crippen LogP contribution in [0.1, 0.15) is 11.1 Å². The number of anilines is 1. The van der Waals surface area contributed by atoms with Gasteiger partial charge in [-0.3, -0.25) is 4.72 Å². The zero-order valence-corrected chi connectivity index (χ0v) is 16.4. The number of aryl methyl sites for hydroxylation is 1. The van der Waals surface area contributed by atoms with E-state index in [9.17, 15) is 34.8 Å². The van der Waals surface area contributed by atoms with Crippen LogP contribution in [0.4, 0.5) is 32.0 Å². The number of para-hydroxylation sites is 1. The van der Waals surface area contributed by atoms with E-state index in [0.717, 1.165) is 23.8 Å². The van der Waals surface area contributed by atoms with Crippen molar-refractivity contribution in [3.8, 4) is 11.5 Å². The summed E-state index contributed by atoms with van der Waals surface area (Å²) < 4.78 is 113. The third-order valence-corrected chi connectivity index (χ3v) is 5.45. The molecule has 31 heavy (non-hydrogen) atoms. The third-order valence-electron chi connectivity index (χ3n) is 4.07. The highest BCUT2D eigenvalue weighted by Crippen LogP contribution is 2.39. The summed E-state index contributed by atoms with van der Waals surface area (Å²) >= 11 is 0. The van der Waals surface area contributed by atoms with Crippen LogP contribution in [0.2, 0.25) is 0 Å². The van der Waals surface area contributed by atoms with Crippen molar-refractivity contribution < 1.29 is 39.5 Å². The summed E-state index contributed by atoms with van der Waals surface area (Å²) in [6.07, 6.45) is -5.02. The Morgan fingerprint density at radius 2 is 1.42 bits per heavy atom. The first-order valence-corrected chi connectivity index (χ1v) is 9.99. The molecule has 1 N–H and O–H groups in total. The average molecular weight is 461 g/mol. The largest absolute Gasteiger partial charge is 0.446 e. The van der Waals surface area contributed by atoms with Gasteiger partial charge in [-0.25, -0.2) is 21.6 Å². The molecule has 0 fully saturated rings. The molecule has 164 valence electrons. The SMILES string of the molecule is Cc1ccc(S(=O)(=O)Nc2cccc(F)c2Oc2c(F)cc(C(F)(F)F)cc2F)cc1. The van der Waals surface area contributed by atoms with Crippen LogP contribution >= 0.6 is 0 Å². The third kappa shape index (κ3) is 4.93. The smallest absolute Gasteiger partial charge is 0.416 e. The number of hydrogen-bond acceptors (Lipinski definition) is 3.